The number of guanidine groups is 1. The van der Waals surface area contributed by atoms with Crippen LogP contribution in [0.3, 0.4) is 0 Å². The number of carbonyl (C=O) groups is 1. The van der Waals surface area contributed by atoms with Gasteiger partial charge in [0.25, 0.3) is 5.91 Å². The van der Waals surface area contributed by atoms with Crippen LogP contribution < -0.4 is 10.6 Å². The van der Waals surface area contributed by atoms with E-state index in [1.807, 2.05) is 0 Å². The minimum absolute atomic E-state index is 0.156. The van der Waals surface area contributed by atoms with E-state index in [1.165, 1.54) is 19.3 Å². The molecule has 1 amide bonds. The molecule has 0 aromatic rings. The van der Waals surface area contributed by atoms with Gasteiger partial charge in [-0.05, 0) is 31.6 Å². The van der Waals surface area contributed by atoms with E-state index in [-0.39, 0.29) is 11.4 Å². The van der Waals surface area contributed by atoms with Crippen molar-refractivity contribution in [2.45, 2.75) is 63.5 Å². The van der Waals surface area contributed by atoms with Gasteiger partial charge in [0.2, 0.25) is 0 Å². The Labute approximate surface area is 102 Å². The molecule has 0 radical (unpaired) electrons. The summed E-state index contributed by atoms with van der Waals surface area (Å²) in [7, 11) is 0. The number of rotatable bonds is 2. The Morgan fingerprint density at radius 1 is 1.35 bits per heavy atom. The summed E-state index contributed by atoms with van der Waals surface area (Å²) in [6.07, 6.45) is 7.93. The average Bonchev–Trinajstić information content (AvgIpc) is 3.07. The summed E-state index contributed by atoms with van der Waals surface area (Å²) in [5.74, 6) is 1.35. The van der Waals surface area contributed by atoms with E-state index in [1.54, 1.807) is 0 Å². The fraction of sp³-hybridized carbons (Fsp3) is 0.846. The van der Waals surface area contributed by atoms with Gasteiger partial charge in [-0.3, -0.25) is 10.1 Å². The zero-order valence-corrected chi connectivity index (χ0v) is 10.5. The van der Waals surface area contributed by atoms with Crippen LogP contribution in [0.1, 0.15) is 51.9 Å². The number of hydrogen-bond acceptors (Lipinski definition) is 2. The largest absolute Gasteiger partial charge is 0.341 e. The van der Waals surface area contributed by atoms with Gasteiger partial charge < -0.3 is 5.32 Å². The maximum atomic E-state index is 12.3. The number of aliphatic imine (C=N–C) groups is 1. The van der Waals surface area contributed by atoms with Crippen LogP contribution >= 0.6 is 0 Å². The molecule has 1 spiro atoms. The molecule has 3 rings (SSSR count). The normalized spacial score (nSPS) is 39.5. The Morgan fingerprint density at radius 2 is 2.18 bits per heavy atom. The molecule has 0 aromatic carbocycles. The third-order valence-corrected chi connectivity index (χ3v) is 4.40. The number of carbonyl (C=O) groups excluding carboxylic acids is 1. The Balaban J connectivity index is 1.82. The zero-order valence-electron chi connectivity index (χ0n) is 10.5. The lowest BCUT2D eigenvalue weighted by Gasteiger charge is -2.38. The van der Waals surface area contributed by atoms with Crippen LogP contribution in [0.4, 0.5) is 0 Å². The molecule has 17 heavy (non-hydrogen) atoms. The molecule has 2 aliphatic carbocycles. The van der Waals surface area contributed by atoms with Crippen LogP contribution in [0, 0.1) is 5.92 Å². The molecule has 1 aliphatic heterocycles. The summed E-state index contributed by atoms with van der Waals surface area (Å²) in [5, 5.41) is 6.37. The van der Waals surface area contributed by atoms with Crippen molar-refractivity contribution in [1.82, 2.24) is 10.6 Å². The molecule has 3 aliphatic rings. The number of nitrogens with zero attached hydrogens (tertiary/aromatic N) is 1. The molecule has 2 saturated carbocycles. The molecule has 4 heteroatoms. The fourth-order valence-electron chi connectivity index (χ4n) is 3.23. The number of amides is 1. The van der Waals surface area contributed by atoms with E-state index in [9.17, 15) is 4.79 Å². The molecule has 2 atom stereocenters. The maximum Gasteiger partial charge on any atom is 0.252 e. The molecular formula is C13H21N3O. The van der Waals surface area contributed by atoms with E-state index in [2.05, 4.69) is 22.5 Å². The topological polar surface area (TPSA) is 53.5 Å². The van der Waals surface area contributed by atoms with Gasteiger partial charge in [0.15, 0.2) is 5.96 Å². The Hall–Kier alpha value is -1.06. The van der Waals surface area contributed by atoms with E-state index < -0.39 is 0 Å². The summed E-state index contributed by atoms with van der Waals surface area (Å²) < 4.78 is 0. The molecule has 1 heterocycles. The highest BCUT2D eigenvalue weighted by Crippen LogP contribution is 2.38. The van der Waals surface area contributed by atoms with E-state index in [0.29, 0.717) is 12.0 Å². The summed E-state index contributed by atoms with van der Waals surface area (Å²) in [6, 6.07) is 0.455. The van der Waals surface area contributed by atoms with Crippen molar-refractivity contribution in [1.29, 1.82) is 0 Å². The standard InChI is InChI=1S/C13H21N3O/c1-2-9-5-3-4-8-13(9)11(17)15-12(16-13)14-10-6-7-10/h9-10H,2-8H2,1H3,(H2,14,15,16,17). The SMILES string of the molecule is CCC1CCCCC12NC(=NC1CC1)NC2=O. The van der Waals surface area contributed by atoms with Gasteiger partial charge in [0.05, 0.1) is 6.04 Å². The first-order valence-corrected chi connectivity index (χ1v) is 6.92. The van der Waals surface area contributed by atoms with Crippen LogP contribution in [0.15, 0.2) is 4.99 Å². The molecule has 3 fully saturated rings. The highest BCUT2D eigenvalue weighted by molar-refractivity contribution is 6.09. The minimum Gasteiger partial charge on any atom is -0.341 e. The van der Waals surface area contributed by atoms with Crippen molar-refractivity contribution in [2.75, 3.05) is 0 Å². The predicted octanol–water partition coefficient (Wildman–Crippen LogP) is 1.56. The lowest BCUT2D eigenvalue weighted by Crippen LogP contribution is -2.54. The Bertz CT molecular complexity index is 362. The second-order valence-electron chi connectivity index (χ2n) is 5.61. The molecule has 1 saturated heterocycles. The van der Waals surface area contributed by atoms with Gasteiger partial charge in [-0.25, -0.2) is 4.99 Å². The Morgan fingerprint density at radius 3 is 2.88 bits per heavy atom. The first kappa shape index (κ1) is 11.1. The second-order valence-corrected chi connectivity index (χ2v) is 5.61. The van der Waals surface area contributed by atoms with Crippen LogP contribution in [0.2, 0.25) is 0 Å². The highest BCUT2D eigenvalue weighted by Gasteiger charge is 2.51. The lowest BCUT2D eigenvalue weighted by atomic mass is 9.71. The first-order valence-electron chi connectivity index (χ1n) is 6.92. The number of nitrogens with one attached hydrogen (secondary N) is 2. The summed E-state index contributed by atoms with van der Waals surface area (Å²) in [5.41, 5.74) is -0.347. The molecule has 2 N–H and O–H groups in total. The molecular weight excluding hydrogens is 214 g/mol. The molecule has 2 unspecified atom stereocenters. The third kappa shape index (κ3) is 1.83. The molecule has 0 bridgehead atoms. The van der Waals surface area contributed by atoms with Crippen LogP contribution in [-0.2, 0) is 4.79 Å². The third-order valence-electron chi connectivity index (χ3n) is 4.40. The van der Waals surface area contributed by atoms with Crippen molar-refractivity contribution in [3.63, 3.8) is 0 Å². The maximum absolute atomic E-state index is 12.3. The van der Waals surface area contributed by atoms with Crippen LogP contribution in [0.5, 0.6) is 0 Å². The van der Waals surface area contributed by atoms with Gasteiger partial charge in [0.1, 0.15) is 5.54 Å². The van der Waals surface area contributed by atoms with Gasteiger partial charge in [-0.2, -0.15) is 0 Å². The Kier molecular flexibility index (Phi) is 2.60. The fourth-order valence-corrected chi connectivity index (χ4v) is 3.23. The highest BCUT2D eigenvalue weighted by atomic mass is 16.2. The average molecular weight is 235 g/mol. The van der Waals surface area contributed by atoms with Gasteiger partial charge in [-0.15, -0.1) is 0 Å². The monoisotopic (exact) mass is 235 g/mol. The predicted molar refractivity (Wildman–Crippen MR) is 66.7 cm³/mol. The quantitative estimate of drug-likeness (QED) is 0.763. The van der Waals surface area contributed by atoms with Crippen molar-refractivity contribution in [3.8, 4) is 0 Å². The first-order chi connectivity index (χ1) is 8.24. The van der Waals surface area contributed by atoms with Crippen LogP contribution in [-0.4, -0.2) is 23.4 Å². The van der Waals surface area contributed by atoms with Crippen LogP contribution in [0.25, 0.3) is 0 Å². The van der Waals surface area contributed by atoms with E-state index >= 15 is 0 Å². The number of hydrogen-bond donors (Lipinski definition) is 2. The second kappa shape index (κ2) is 4.00. The van der Waals surface area contributed by atoms with E-state index in [4.69, 9.17) is 0 Å². The summed E-state index contributed by atoms with van der Waals surface area (Å²) >= 11 is 0. The van der Waals surface area contributed by atoms with Crippen molar-refractivity contribution >= 4 is 11.9 Å². The smallest absolute Gasteiger partial charge is 0.252 e. The molecule has 4 nitrogen and oxygen atoms in total. The van der Waals surface area contributed by atoms with Gasteiger partial charge >= 0.3 is 0 Å². The zero-order chi connectivity index (χ0) is 11.9. The van der Waals surface area contributed by atoms with Crippen molar-refractivity contribution < 1.29 is 4.79 Å². The lowest BCUT2D eigenvalue weighted by molar-refractivity contribution is -0.127. The van der Waals surface area contributed by atoms with Gasteiger partial charge in [-0.1, -0.05) is 26.2 Å². The summed E-state index contributed by atoms with van der Waals surface area (Å²) in [6.45, 7) is 2.18. The van der Waals surface area contributed by atoms with Crippen molar-refractivity contribution in [2.24, 2.45) is 10.9 Å². The molecule has 0 aromatic heterocycles. The summed E-state index contributed by atoms with van der Waals surface area (Å²) in [4.78, 5) is 16.8. The van der Waals surface area contributed by atoms with Gasteiger partial charge in [0, 0.05) is 0 Å². The molecule has 94 valence electrons. The van der Waals surface area contributed by atoms with E-state index in [0.717, 1.165) is 31.6 Å². The van der Waals surface area contributed by atoms with Crippen molar-refractivity contribution in [3.05, 3.63) is 0 Å². The minimum atomic E-state index is -0.347.